The van der Waals surface area contributed by atoms with E-state index in [2.05, 4.69) is 0 Å². The van der Waals surface area contributed by atoms with Crippen LogP contribution in [0.3, 0.4) is 0 Å². The van der Waals surface area contributed by atoms with Gasteiger partial charge >= 0.3 is 0 Å². The first-order chi connectivity index (χ1) is 7.63. The molecule has 0 spiro atoms. The fourth-order valence-electron chi connectivity index (χ4n) is 1.50. The highest BCUT2D eigenvalue weighted by Crippen LogP contribution is 2.21. The molecule has 0 aromatic rings. The molecule has 1 amide bonds. The highest BCUT2D eigenvalue weighted by Gasteiger charge is 2.31. The number of nitrogens with zero attached hydrogens (tertiary/aromatic N) is 4. The fraction of sp³-hybridized carbons (Fsp3) is 0.400. The molecule has 1 N–H and O–H groups in total. The first kappa shape index (κ1) is 11.7. The van der Waals surface area contributed by atoms with Crippen molar-refractivity contribution in [1.29, 1.82) is 15.8 Å². The molecule has 16 heavy (non-hydrogen) atoms. The van der Waals surface area contributed by atoms with Gasteiger partial charge in [0.15, 0.2) is 0 Å². The number of rotatable bonds is 2. The van der Waals surface area contributed by atoms with Crippen LogP contribution in [-0.2, 0) is 4.79 Å². The van der Waals surface area contributed by atoms with Gasteiger partial charge in [-0.1, -0.05) is 0 Å². The van der Waals surface area contributed by atoms with Crippen LogP contribution in [-0.4, -0.2) is 28.6 Å². The van der Waals surface area contributed by atoms with Gasteiger partial charge in [0.1, 0.15) is 17.7 Å². The lowest BCUT2D eigenvalue weighted by atomic mass is 10.2. The normalized spacial score (nSPS) is 18.5. The van der Waals surface area contributed by atoms with E-state index in [1.54, 1.807) is 18.2 Å². The summed E-state index contributed by atoms with van der Waals surface area (Å²) in [7, 11) is 0. The maximum absolute atomic E-state index is 11.4. The summed E-state index contributed by atoms with van der Waals surface area (Å²) in [4.78, 5) is 12.6. The molecule has 1 aliphatic heterocycles. The van der Waals surface area contributed by atoms with Crippen molar-refractivity contribution in [3.63, 3.8) is 0 Å². The highest BCUT2D eigenvalue weighted by atomic mass is 16.3. The minimum absolute atomic E-state index is 0.0305. The Morgan fingerprint density at radius 1 is 1.44 bits per heavy atom. The molecule has 0 aromatic carbocycles. The van der Waals surface area contributed by atoms with Crippen LogP contribution in [0.2, 0.25) is 0 Å². The summed E-state index contributed by atoms with van der Waals surface area (Å²) < 4.78 is 0. The van der Waals surface area contributed by atoms with Crippen LogP contribution in [0.15, 0.2) is 11.3 Å². The smallest absolute Gasteiger partial charge is 0.229 e. The number of carbonyl (C=O) groups is 1. The Hall–Kier alpha value is -2.36. The molecule has 1 aliphatic rings. The SMILES string of the molecule is N#CCC(=C(C#N)C#N)N1CC(O)CC1=O. The number of hydrogen-bond acceptors (Lipinski definition) is 5. The van der Waals surface area contributed by atoms with E-state index in [-0.39, 0.29) is 36.6 Å². The minimum atomic E-state index is -0.806. The second-order valence-corrected chi connectivity index (χ2v) is 3.24. The molecule has 6 nitrogen and oxygen atoms in total. The van der Waals surface area contributed by atoms with Crippen molar-refractivity contribution in [3.8, 4) is 18.2 Å². The fourth-order valence-corrected chi connectivity index (χ4v) is 1.50. The zero-order valence-corrected chi connectivity index (χ0v) is 8.34. The van der Waals surface area contributed by atoms with Gasteiger partial charge in [0, 0.05) is 0 Å². The first-order valence-electron chi connectivity index (χ1n) is 4.52. The topological polar surface area (TPSA) is 112 Å². The Bertz CT molecular complexity index is 445. The Morgan fingerprint density at radius 3 is 2.44 bits per heavy atom. The van der Waals surface area contributed by atoms with Gasteiger partial charge in [0.25, 0.3) is 0 Å². The number of β-amino-alcohol motifs (C(OH)–C–C–N with tert-alkyl or cyclic N) is 1. The van der Waals surface area contributed by atoms with Crippen LogP contribution in [0.1, 0.15) is 12.8 Å². The van der Waals surface area contributed by atoms with E-state index in [1.165, 1.54) is 0 Å². The van der Waals surface area contributed by atoms with E-state index in [1.807, 2.05) is 0 Å². The maximum atomic E-state index is 11.4. The van der Waals surface area contributed by atoms with Crippen LogP contribution in [0.5, 0.6) is 0 Å². The second kappa shape index (κ2) is 4.93. The second-order valence-electron chi connectivity index (χ2n) is 3.24. The molecule has 1 rings (SSSR count). The number of carbonyl (C=O) groups excluding carboxylic acids is 1. The lowest BCUT2D eigenvalue weighted by Gasteiger charge is -2.17. The number of aliphatic hydroxyl groups excluding tert-OH is 1. The van der Waals surface area contributed by atoms with Crippen LogP contribution in [0.4, 0.5) is 0 Å². The van der Waals surface area contributed by atoms with E-state index >= 15 is 0 Å². The molecule has 0 aliphatic carbocycles. The third kappa shape index (κ3) is 2.17. The molecule has 1 unspecified atom stereocenters. The predicted octanol–water partition coefficient (Wildman–Crippen LogP) is -0.205. The van der Waals surface area contributed by atoms with Crippen molar-refractivity contribution in [2.45, 2.75) is 18.9 Å². The standard InChI is InChI=1S/C10H8N4O2/c11-2-1-9(7(4-12)5-13)14-6-8(15)3-10(14)16/h8,15H,1,3,6H2. The van der Waals surface area contributed by atoms with Gasteiger partial charge in [0.2, 0.25) is 5.91 Å². The van der Waals surface area contributed by atoms with Crippen LogP contribution in [0.25, 0.3) is 0 Å². The van der Waals surface area contributed by atoms with Crippen molar-refractivity contribution in [2.75, 3.05) is 6.54 Å². The maximum Gasteiger partial charge on any atom is 0.229 e. The molecule has 1 fully saturated rings. The van der Waals surface area contributed by atoms with Gasteiger partial charge in [-0.3, -0.25) is 4.79 Å². The lowest BCUT2D eigenvalue weighted by Crippen LogP contribution is -2.26. The van der Waals surface area contributed by atoms with Gasteiger partial charge < -0.3 is 10.0 Å². The van der Waals surface area contributed by atoms with E-state index in [4.69, 9.17) is 15.8 Å². The highest BCUT2D eigenvalue weighted by molar-refractivity contribution is 5.81. The molecule has 1 heterocycles. The lowest BCUT2D eigenvalue weighted by molar-refractivity contribution is -0.126. The van der Waals surface area contributed by atoms with Crippen LogP contribution in [0, 0.1) is 34.0 Å². The minimum Gasteiger partial charge on any atom is -0.391 e. The van der Waals surface area contributed by atoms with E-state index in [0.717, 1.165) is 4.90 Å². The van der Waals surface area contributed by atoms with Crippen molar-refractivity contribution in [3.05, 3.63) is 11.3 Å². The summed E-state index contributed by atoms with van der Waals surface area (Å²) in [6.45, 7) is 0.0305. The number of allylic oxidation sites excluding steroid dienone is 2. The number of aliphatic hydroxyl groups is 1. The third-order valence-corrected chi connectivity index (χ3v) is 2.19. The summed E-state index contributed by atoms with van der Waals surface area (Å²) in [6, 6.07) is 5.08. The van der Waals surface area contributed by atoms with E-state index in [9.17, 15) is 9.90 Å². The largest absolute Gasteiger partial charge is 0.391 e. The van der Waals surface area contributed by atoms with Gasteiger partial charge in [-0.2, -0.15) is 15.8 Å². The average molecular weight is 216 g/mol. The Kier molecular flexibility index (Phi) is 3.61. The van der Waals surface area contributed by atoms with Crippen molar-refractivity contribution in [2.24, 2.45) is 0 Å². The molecule has 6 heteroatoms. The Morgan fingerprint density at radius 2 is 2.06 bits per heavy atom. The summed E-state index contributed by atoms with van der Waals surface area (Å²) in [5, 5.41) is 35.3. The Labute approximate surface area is 92.2 Å². The molecule has 0 radical (unpaired) electrons. The molecule has 1 saturated heterocycles. The van der Waals surface area contributed by atoms with Crippen LogP contribution >= 0.6 is 0 Å². The zero-order valence-electron chi connectivity index (χ0n) is 8.34. The van der Waals surface area contributed by atoms with Gasteiger partial charge in [-0.15, -0.1) is 0 Å². The summed E-state index contributed by atoms with van der Waals surface area (Å²) in [5.41, 5.74) is -0.182. The summed E-state index contributed by atoms with van der Waals surface area (Å²) >= 11 is 0. The monoisotopic (exact) mass is 216 g/mol. The number of amides is 1. The molecule has 0 saturated carbocycles. The van der Waals surface area contributed by atoms with Crippen molar-refractivity contribution < 1.29 is 9.90 Å². The van der Waals surface area contributed by atoms with Gasteiger partial charge in [0.05, 0.1) is 37.3 Å². The quantitative estimate of drug-likeness (QED) is 0.642. The third-order valence-electron chi connectivity index (χ3n) is 2.19. The van der Waals surface area contributed by atoms with Gasteiger partial charge in [-0.05, 0) is 0 Å². The number of likely N-dealkylation sites (tertiary alicyclic amines) is 1. The molecule has 0 bridgehead atoms. The summed E-state index contributed by atoms with van der Waals surface area (Å²) in [6.07, 6.45) is -1.05. The molecule has 80 valence electrons. The molecule has 0 aromatic heterocycles. The Balaban J connectivity index is 3.12. The number of nitriles is 3. The van der Waals surface area contributed by atoms with Crippen LogP contribution < -0.4 is 0 Å². The molecular weight excluding hydrogens is 208 g/mol. The van der Waals surface area contributed by atoms with E-state index < -0.39 is 6.10 Å². The molecule has 1 atom stereocenters. The zero-order chi connectivity index (χ0) is 12.1. The number of hydrogen-bond donors (Lipinski definition) is 1. The van der Waals surface area contributed by atoms with Crippen molar-refractivity contribution >= 4 is 5.91 Å². The first-order valence-corrected chi connectivity index (χ1v) is 4.52. The van der Waals surface area contributed by atoms with Gasteiger partial charge in [-0.25, -0.2) is 0 Å². The van der Waals surface area contributed by atoms with E-state index in [0.29, 0.717) is 0 Å². The molecular formula is C10H8N4O2. The van der Waals surface area contributed by atoms with Crippen molar-refractivity contribution in [1.82, 2.24) is 4.90 Å². The average Bonchev–Trinajstić information content (AvgIpc) is 2.58. The predicted molar refractivity (Wildman–Crippen MR) is 50.8 cm³/mol. The summed E-state index contributed by atoms with van der Waals surface area (Å²) in [5.74, 6) is -0.374.